The summed E-state index contributed by atoms with van der Waals surface area (Å²) in [7, 11) is 0. The molecule has 0 unspecified atom stereocenters. The van der Waals surface area contributed by atoms with E-state index in [1.54, 1.807) is 6.92 Å². The van der Waals surface area contributed by atoms with E-state index in [4.69, 9.17) is 16.3 Å². The smallest absolute Gasteiger partial charge is 0.310 e. The van der Waals surface area contributed by atoms with Crippen molar-refractivity contribution < 1.29 is 9.53 Å². The highest BCUT2D eigenvalue weighted by Gasteiger charge is 2.27. The Bertz CT molecular complexity index is 517. The highest BCUT2D eigenvalue weighted by molar-refractivity contribution is 6.30. The van der Waals surface area contributed by atoms with Gasteiger partial charge in [-0.05, 0) is 19.8 Å². The van der Waals surface area contributed by atoms with Crippen molar-refractivity contribution in [2.45, 2.75) is 19.8 Å². The largest absolute Gasteiger partial charge is 0.466 e. The lowest BCUT2D eigenvalue weighted by atomic mass is 9.98. The molecule has 1 aliphatic rings. The first-order valence-corrected chi connectivity index (χ1v) is 6.66. The summed E-state index contributed by atoms with van der Waals surface area (Å²) in [6, 6.07) is 0. The lowest BCUT2D eigenvalue weighted by molar-refractivity contribution is -0.148. The normalized spacial score (nSPS) is 19.3. The van der Waals surface area contributed by atoms with Gasteiger partial charge in [-0.2, -0.15) is 0 Å². The van der Waals surface area contributed by atoms with Crippen molar-refractivity contribution in [1.82, 2.24) is 9.97 Å². The minimum atomic E-state index is -0.370. The number of ether oxygens (including phenoxy) is 1. The summed E-state index contributed by atoms with van der Waals surface area (Å²) in [6.07, 6.45) is 2.98. The van der Waals surface area contributed by atoms with Crippen molar-refractivity contribution in [3.63, 3.8) is 0 Å². The Hall–Kier alpha value is -1.56. The molecule has 6 nitrogen and oxygen atoms in total. The highest BCUT2D eigenvalue weighted by Crippen LogP contribution is 2.21. The Morgan fingerprint density at radius 1 is 1.68 bits per heavy atom. The van der Waals surface area contributed by atoms with Crippen LogP contribution in [-0.2, 0) is 9.53 Å². The molecule has 1 N–H and O–H groups in total. The SMILES string of the molecule is CCOC(=O)[C@@H]1CCCN(c2ncc(Cl)c(=O)[nH]2)C1. The number of nitrogens with zero attached hydrogens (tertiary/aromatic N) is 2. The fraction of sp³-hybridized carbons (Fsp3) is 0.583. The van der Waals surface area contributed by atoms with Gasteiger partial charge in [-0.15, -0.1) is 0 Å². The van der Waals surface area contributed by atoms with Crippen molar-refractivity contribution in [3.05, 3.63) is 21.6 Å². The van der Waals surface area contributed by atoms with E-state index < -0.39 is 0 Å². The molecule has 7 heteroatoms. The van der Waals surface area contributed by atoms with Gasteiger partial charge in [0.1, 0.15) is 5.02 Å². The van der Waals surface area contributed by atoms with E-state index >= 15 is 0 Å². The Morgan fingerprint density at radius 2 is 2.47 bits per heavy atom. The predicted molar refractivity (Wildman–Crippen MR) is 71.4 cm³/mol. The topological polar surface area (TPSA) is 75.3 Å². The molecule has 1 aliphatic heterocycles. The Labute approximate surface area is 115 Å². The lowest BCUT2D eigenvalue weighted by Crippen LogP contribution is -2.40. The molecule has 0 aromatic carbocycles. The average Bonchev–Trinajstić information content (AvgIpc) is 2.42. The number of carbonyl (C=O) groups is 1. The summed E-state index contributed by atoms with van der Waals surface area (Å²) < 4.78 is 5.03. The second-order valence-electron chi connectivity index (χ2n) is 4.42. The second kappa shape index (κ2) is 6.06. The summed E-state index contributed by atoms with van der Waals surface area (Å²) in [4.78, 5) is 31.8. The maximum atomic E-state index is 11.7. The number of aromatic nitrogens is 2. The molecule has 0 amide bonds. The average molecular weight is 286 g/mol. The summed E-state index contributed by atoms with van der Waals surface area (Å²) in [5.74, 6) is 0.0848. The zero-order valence-electron chi connectivity index (χ0n) is 10.7. The number of anilines is 1. The van der Waals surface area contributed by atoms with E-state index in [9.17, 15) is 9.59 Å². The molecule has 2 rings (SSSR count). The molecule has 1 aromatic rings. The zero-order valence-corrected chi connectivity index (χ0v) is 11.4. The number of halogens is 1. The van der Waals surface area contributed by atoms with Crippen LogP contribution >= 0.6 is 11.6 Å². The number of hydrogen-bond acceptors (Lipinski definition) is 5. The first-order chi connectivity index (χ1) is 9.11. The van der Waals surface area contributed by atoms with Crippen molar-refractivity contribution >= 4 is 23.5 Å². The van der Waals surface area contributed by atoms with Crippen molar-refractivity contribution in [1.29, 1.82) is 0 Å². The van der Waals surface area contributed by atoms with E-state index in [1.165, 1.54) is 6.20 Å². The van der Waals surface area contributed by atoms with E-state index in [1.807, 2.05) is 4.90 Å². The number of aromatic amines is 1. The number of carbonyl (C=O) groups excluding carboxylic acids is 1. The Balaban J connectivity index is 2.10. The molecule has 1 fully saturated rings. The maximum absolute atomic E-state index is 11.7. The summed E-state index contributed by atoms with van der Waals surface area (Å²) in [5, 5.41) is 0.0581. The second-order valence-corrected chi connectivity index (χ2v) is 4.83. The molecule has 0 radical (unpaired) electrons. The van der Waals surface area contributed by atoms with E-state index in [2.05, 4.69) is 9.97 Å². The monoisotopic (exact) mass is 285 g/mol. The number of nitrogens with one attached hydrogen (secondary N) is 1. The molecule has 2 heterocycles. The van der Waals surface area contributed by atoms with Crippen LogP contribution in [0, 0.1) is 5.92 Å². The third-order valence-corrected chi connectivity index (χ3v) is 3.35. The van der Waals surface area contributed by atoms with E-state index in [-0.39, 0.29) is 22.5 Å². The molecule has 19 heavy (non-hydrogen) atoms. The molecule has 1 atom stereocenters. The first-order valence-electron chi connectivity index (χ1n) is 6.28. The van der Waals surface area contributed by atoms with Gasteiger partial charge in [-0.1, -0.05) is 11.6 Å². The van der Waals surface area contributed by atoms with Crippen LogP contribution < -0.4 is 10.5 Å². The predicted octanol–water partition coefficient (Wildman–Crippen LogP) is 1.20. The minimum absolute atomic E-state index is 0.0581. The van der Waals surface area contributed by atoms with Crippen LogP contribution in [-0.4, -0.2) is 35.6 Å². The van der Waals surface area contributed by atoms with Crippen molar-refractivity contribution in [3.8, 4) is 0 Å². The molecule has 0 saturated carbocycles. The number of H-pyrrole nitrogens is 1. The third kappa shape index (κ3) is 3.26. The fourth-order valence-electron chi connectivity index (χ4n) is 2.15. The molecular formula is C12H16ClN3O3. The van der Waals surface area contributed by atoms with Gasteiger partial charge in [-0.25, -0.2) is 4.98 Å². The van der Waals surface area contributed by atoms with Crippen LogP contribution in [0.15, 0.2) is 11.0 Å². The Morgan fingerprint density at radius 3 is 3.16 bits per heavy atom. The van der Waals surface area contributed by atoms with Crippen LogP contribution in [0.5, 0.6) is 0 Å². The molecule has 0 spiro atoms. The van der Waals surface area contributed by atoms with Crippen LogP contribution in [0.3, 0.4) is 0 Å². The van der Waals surface area contributed by atoms with Gasteiger partial charge in [0, 0.05) is 13.1 Å². The minimum Gasteiger partial charge on any atom is -0.466 e. The molecule has 104 valence electrons. The summed E-state index contributed by atoms with van der Waals surface area (Å²) in [5.41, 5.74) is -0.370. The Kier molecular flexibility index (Phi) is 4.42. The summed E-state index contributed by atoms with van der Waals surface area (Å²) in [6.45, 7) is 3.42. The summed E-state index contributed by atoms with van der Waals surface area (Å²) >= 11 is 5.64. The number of piperidine rings is 1. The number of esters is 1. The van der Waals surface area contributed by atoms with Gasteiger partial charge in [0.25, 0.3) is 5.56 Å². The van der Waals surface area contributed by atoms with Gasteiger partial charge in [0.15, 0.2) is 0 Å². The fourth-order valence-corrected chi connectivity index (χ4v) is 2.25. The van der Waals surface area contributed by atoms with Crippen LogP contribution in [0.2, 0.25) is 5.02 Å². The first kappa shape index (κ1) is 13.9. The van der Waals surface area contributed by atoms with Gasteiger partial charge < -0.3 is 9.64 Å². The van der Waals surface area contributed by atoms with Crippen molar-refractivity contribution in [2.24, 2.45) is 5.92 Å². The van der Waals surface area contributed by atoms with Crippen molar-refractivity contribution in [2.75, 3.05) is 24.6 Å². The van der Waals surface area contributed by atoms with Gasteiger partial charge in [0.2, 0.25) is 5.95 Å². The quantitative estimate of drug-likeness (QED) is 0.845. The number of rotatable bonds is 3. The van der Waals surface area contributed by atoms with Gasteiger partial charge >= 0.3 is 5.97 Å². The van der Waals surface area contributed by atoms with E-state index in [0.29, 0.717) is 19.1 Å². The van der Waals surface area contributed by atoms with Crippen LogP contribution in [0.4, 0.5) is 5.95 Å². The van der Waals surface area contributed by atoms with Crippen LogP contribution in [0.1, 0.15) is 19.8 Å². The molecule has 1 saturated heterocycles. The standard InChI is InChI=1S/C12H16ClN3O3/c1-2-19-11(18)8-4-3-5-16(7-8)12-14-6-9(13)10(17)15-12/h6,8H,2-5,7H2,1H3,(H,14,15,17)/t8-/m1/s1. The molecular weight excluding hydrogens is 270 g/mol. The van der Waals surface area contributed by atoms with Gasteiger partial charge in [0.05, 0.1) is 18.7 Å². The molecule has 1 aromatic heterocycles. The zero-order chi connectivity index (χ0) is 13.8. The maximum Gasteiger partial charge on any atom is 0.310 e. The van der Waals surface area contributed by atoms with Gasteiger partial charge in [-0.3, -0.25) is 14.6 Å². The lowest BCUT2D eigenvalue weighted by Gasteiger charge is -2.31. The van der Waals surface area contributed by atoms with Crippen LogP contribution in [0.25, 0.3) is 0 Å². The third-order valence-electron chi connectivity index (χ3n) is 3.08. The molecule has 0 bridgehead atoms. The number of hydrogen-bond donors (Lipinski definition) is 1. The highest BCUT2D eigenvalue weighted by atomic mass is 35.5. The molecule has 0 aliphatic carbocycles. The van der Waals surface area contributed by atoms with E-state index in [0.717, 1.165) is 19.4 Å².